The minimum absolute atomic E-state index is 0.138. The van der Waals surface area contributed by atoms with Crippen LogP contribution >= 0.6 is 0 Å². The lowest BCUT2D eigenvalue weighted by Crippen LogP contribution is -2.39. The number of rotatable bonds is 6. The van der Waals surface area contributed by atoms with E-state index in [1.54, 1.807) is 6.07 Å². The number of Topliss-reactive ketones (excluding diaryl/α,β-unsaturated/α-hetero) is 2. The second-order valence-electron chi connectivity index (χ2n) is 3.77. The fraction of sp³-hybridized carbons (Fsp3) is 0.333. The Morgan fingerprint density at radius 3 is 2.28 bits per heavy atom. The highest BCUT2D eigenvalue weighted by molar-refractivity contribution is 6.45. The molecule has 0 bridgehead atoms. The van der Waals surface area contributed by atoms with Crippen LogP contribution in [-0.2, 0) is 4.79 Å². The molecule has 0 aliphatic heterocycles. The van der Waals surface area contributed by atoms with Crippen LogP contribution in [0.4, 0.5) is 8.78 Å². The van der Waals surface area contributed by atoms with Crippen molar-refractivity contribution in [2.75, 3.05) is 6.61 Å². The summed E-state index contributed by atoms with van der Waals surface area (Å²) in [5, 5.41) is 17.4. The van der Waals surface area contributed by atoms with Gasteiger partial charge in [0.05, 0.1) is 12.7 Å². The Hall–Kier alpha value is -1.66. The number of hydrogen-bond donors (Lipinski definition) is 2. The van der Waals surface area contributed by atoms with E-state index in [-0.39, 0.29) is 5.56 Å². The Morgan fingerprint density at radius 2 is 1.78 bits per heavy atom. The topological polar surface area (TPSA) is 74.6 Å². The molecule has 1 aromatic rings. The maximum atomic E-state index is 13.3. The van der Waals surface area contributed by atoms with Crippen LogP contribution in [0.5, 0.6) is 0 Å². The largest absolute Gasteiger partial charge is 0.394 e. The van der Waals surface area contributed by atoms with E-state index in [0.29, 0.717) is 0 Å². The summed E-state index contributed by atoms with van der Waals surface area (Å²) in [5.41, 5.74) is -0.138. The first kappa shape index (κ1) is 14.4. The fourth-order valence-electron chi connectivity index (χ4n) is 1.34. The van der Waals surface area contributed by atoms with Gasteiger partial charge in [0.15, 0.2) is 0 Å². The van der Waals surface area contributed by atoms with Gasteiger partial charge in [-0.3, -0.25) is 9.59 Å². The first-order valence-corrected chi connectivity index (χ1v) is 5.19. The van der Waals surface area contributed by atoms with E-state index in [0.717, 1.165) is 0 Å². The molecule has 0 fully saturated rings. The van der Waals surface area contributed by atoms with Crippen molar-refractivity contribution in [2.24, 2.45) is 0 Å². The third-order valence-corrected chi connectivity index (χ3v) is 2.28. The van der Waals surface area contributed by atoms with Crippen molar-refractivity contribution >= 4 is 11.6 Å². The summed E-state index contributed by atoms with van der Waals surface area (Å²) in [6.45, 7) is -0.900. The van der Waals surface area contributed by atoms with Crippen molar-refractivity contribution in [3.05, 3.63) is 35.9 Å². The zero-order chi connectivity index (χ0) is 13.8. The first-order valence-electron chi connectivity index (χ1n) is 5.19. The third-order valence-electron chi connectivity index (χ3n) is 2.28. The van der Waals surface area contributed by atoms with Gasteiger partial charge in [0.25, 0.3) is 5.78 Å². The van der Waals surface area contributed by atoms with Gasteiger partial charge in [0.2, 0.25) is 5.78 Å². The molecule has 1 rings (SSSR count). The molecule has 0 aliphatic carbocycles. The second-order valence-corrected chi connectivity index (χ2v) is 3.77. The van der Waals surface area contributed by atoms with Crippen molar-refractivity contribution < 1.29 is 28.6 Å². The number of aliphatic hydroxyl groups excluding tert-OH is 2. The summed E-state index contributed by atoms with van der Waals surface area (Å²) < 4.78 is 26.7. The van der Waals surface area contributed by atoms with Crippen LogP contribution in [0.2, 0.25) is 0 Å². The Balaban J connectivity index is 2.84. The monoisotopic (exact) mass is 258 g/mol. The minimum atomic E-state index is -3.99. The number of alkyl halides is 2. The van der Waals surface area contributed by atoms with E-state index >= 15 is 0 Å². The van der Waals surface area contributed by atoms with E-state index in [9.17, 15) is 18.4 Å². The summed E-state index contributed by atoms with van der Waals surface area (Å²) in [5.74, 6) is -7.19. The predicted octanol–water partition coefficient (Wildman–Crippen LogP) is 0.817. The molecule has 18 heavy (non-hydrogen) atoms. The van der Waals surface area contributed by atoms with E-state index < -0.39 is 36.6 Å². The van der Waals surface area contributed by atoms with Crippen LogP contribution in [0.25, 0.3) is 0 Å². The molecule has 6 heteroatoms. The number of hydrogen-bond acceptors (Lipinski definition) is 4. The number of carbonyl (C=O) groups excluding carboxylic acids is 2. The molecular weight excluding hydrogens is 246 g/mol. The van der Waals surface area contributed by atoms with E-state index in [1.807, 2.05) is 0 Å². The van der Waals surface area contributed by atoms with Gasteiger partial charge < -0.3 is 10.2 Å². The highest BCUT2D eigenvalue weighted by Gasteiger charge is 2.44. The summed E-state index contributed by atoms with van der Waals surface area (Å²) in [4.78, 5) is 22.8. The quantitative estimate of drug-likeness (QED) is 0.585. The molecule has 0 saturated carbocycles. The summed E-state index contributed by atoms with van der Waals surface area (Å²) in [7, 11) is 0. The third kappa shape index (κ3) is 3.41. The Labute approximate surface area is 102 Å². The van der Waals surface area contributed by atoms with Crippen LogP contribution in [0.3, 0.4) is 0 Å². The van der Waals surface area contributed by atoms with E-state index in [2.05, 4.69) is 0 Å². The van der Waals surface area contributed by atoms with Gasteiger partial charge in [-0.1, -0.05) is 30.3 Å². The zero-order valence-electron chi connectivity index (χ0n) is 9.35. The fourth-order valence-corrected chi connectivity index (χ4v) is 1.34. The highest BCUT2D eigenvalue weighted by Crippen LogP contribution is 2.23. The van der Waals surface area contributed by atoms with Gasteiger partial charge in [-0.2, -0.15) is 8.78 Å². The molecule has 0 aromatic heterocycles. The average molecular weight is 258 g/mol. The molecular formula is C12H12F2O4. The van der Waals surface area contributed by atoms with Crippen molar-refractivity contribution in [3.8, 4) is 0 Å². The lowest BCUT2D eigenvalue weighted by Gasteiger charge is -2.16. The molecule has 1 aromatic carbocycles. The standard InChI is InChI=1S/C12H12F2O4/c13-12(14,6-9(16)7-15)11(18)10(17)8-4-2-1-3-5-8/h1-5,9,15-16H,6-7H2/t9-/m0/s1. The molecule has 0 unspecified atom stereocenters. The molecule has 4 nitrogen and oxygen atoms in total. The van der Waals surface area contributed by atoms with Crippen molar-refractivity contribution in [1.29, 1.82) is 0 Å². The summed E-state index contributed by atoms with van der Waals surface area (Å²) in [6.07, 6.45) is -3.02. The smallest absolute Gasteiger partial charge is 0.315 e. The molecule has 0 spiro atoms. The van der Waals surface area contributed by atoms with Gasteiger partial charge in [-0.25, -0.2) is 0 Å². The van der Waals surface area contributed by atoms with Crippen LogP contribution < -0.4 is 0 Å². The van der Waals surface area contributed by atoms with Crippen LogP contribution in [0.1, 0.15) is 16.8 Å². The average Bonchev–Trinajstić information content (AvgIpc) is 2.37. The molecule has 0 aliphatic rings. The maximum Gasteiger partial charge on any atom is 0.315 e. The van der Waals surface area contributed by atoms with Gasteiger partial charge in [-0.15, -0.1) is 0 Å². The van der Waals surface area contributed by atoms with E-state index in [4.69, 9.17) is 10.2 Å². The Morgan fingerprint density at radius 1 is 1.22 bits per heavy atom. The molecule has 0 saturated heterocycles. The minimum Gasteiger partial charge on any atom is -0.394 e. The van der Waals surface area contributed by atoms with Gasteiger partial charge in [-0.05, 0) is 0 Å². The number of aliphatic hydroxyl groups is 2. The number of ketones is 2. The van der Waals surface area contributed by atoms with Crippen LogP contribution in [0, 0.1) is 0 Å². The molecule has 1 atom stereocenters. The number of benzene rings is 1. The normalized spacial score (nSPS) is 13.1. The first-order chi connectivity index (χ1) is 8.38. The SMILES string of the molecule is O=C(C(=O)C(F)(F)C[C@H](O)CO)c1ccccc1. The lowest BCUT2D eigenvalue weighted by molar-refractivity contribution is -0.143. The lowest BCUT2D eigenvalue weighted by atomic mass is 9.99. The second kappa shape index (κ2) is 5.79. The van der Waals surface area contributed by atoms with Crippen LogP contribution in [0.15, 0.2) is 30.3 Å². The number of carbonyl (C=O) groups is 2. The summed E-state index contributed by atoms with van der Waals surface area (Å²) in [6, 6.07) is 6.97. The molecule has 98 valence electrons. The Kier molecular flexibility index (Phi) is 4.63. The van der Waals surface area contributed by atoms with E-state index in [1.165, 1.54) is 24.3 Å². The molecule has 0 radical (unpaired) electrons. The molecule has 0 heterocycles. The van der Waals surface area contributed by atoms with Gasteiger partial charge in [0, 0.05) is 12.0 Å². The van der Waals surface area contributed by atoms with Crippen LogP contribution in [-0.4, -0.2) is 40.4 Å². The zero-order valence-corrected chi connectivity index (χ0v) is 9.35. The molecule has 0 amide bonds. The number of halogens is 2. The Bertz CT molecular complexity index is 431. The maximum absolute atomic E-state index is 13.3. The van der Waals surface area contributed by atoms with Crippen molar-refractivity contribution in [2.45, 2.75) is 18.4 Å². The van der Waals surface area contributed by atoms with Gasteiger partial charge >= 0.3 is 5.92 Å². The molecule has 2 N–H and O–H groups in total. The highest BCUT2D eigenvalue weighted by atomic mass is 19.3. The van der Waals surface area contributed by atoms with Crippen molar-refractivity contribution in [3.63, 3.8) is 0 Å². The summed E-state index contributed by atoms with van der Waals surface area (Å²) >= 11 is 0. The van der Waals surface area contributed by atoms with Crippen molar-refractivity contribution in [1.82, 2.24) is 0 Å². The van der Waals surface area contributed by atoms with Gasteiger partial charge in [0.1, 0.15) is 0 Å². The predicted molar refractivity (Wildman–Crippen MR) is 58.4 cm³/mol.